The highest BCUT2D eigenvalue weighted by Gasteiger charge is 2.22. The van der Waals surface area contributed by atoms with Crippen LogP contribution in [0.25, 0.3) is 10.9 Å². The molecule has 3 rings (SSSR count). The Kier molecular flexibility index (Phi) is 2.40. The molecule has 0 spiro atoms. The maximum atomic E-state index is 4.37. The van der Waals surface area contributed by atoms with Gasteiger partial charge in [-0.15, -0.1) is 0 Å². The minimum Gasteiger partial charge on any atom is -0.314 e. The lowest BCUT2D eigenvalue weighted by Gasteiger charge is -2.27. The molecule has 16 heavy (non-hydrogen) atoms. The largest absolute Gasteiger partial charge is 0.314 e. The van der Waals surface area contributed by atoms with Gasteiger partial charge in [-0.25, -0.2) is 0 Å². The first kappa shape index (κ1) is 9.85. The maximum absolute atomic E-state index is 4.37. The van der Waals surface area contributed by atoms with Crippen molar-refractivity contribution in [1.82, 2.24) is 15.5 Å². The van der Waals surface area contributed by atoms with E-state index in [4.69, 9.17) is 0 Å². The number of H-pyrrole nitrogens is 1. The summed E-state index contributed by atoms with van der Waals surface area (Å²) in [6.07, 6.45) is 2.41. The Morgan fingerprint density at radius 1 is 1.31 bits per heavy atom. The molecular weight excluding hydrogens is 198 g/mol. The second-order valence-electron chi connectivity index (χ2n) is 4.73. The number of benzene rings is 1. The summed E-state index contributed by atoms with van der Waals surface area (Å²) in [5.74, 6) is 0.628. The fourth-order valence-electron chi connectivity index (χ4n) is 2.68. The van der Waals surface area contributed by atoms with Crippen molar-refractivity contribution in [1.29, 1.82) is 0 Å². The van der Waals surface area contributed by atoms with Gasteiger partial charge in [0.2, 0.25) is 0 Å². The smallest absolute Gasteiger partial charge is 0.0923 e. The van der Waals surface area contributed by atoms with Gasteiger partial charge < -0.3 is 5.32 Å². The second kappa shape index (κ2) is 3.91. The predicted octanol–water partition coefficient (Wildman–Crippen LogP) is 2.42. The molecule has 1 aliphatic rings. The number of nitrogens with zero attached hydrogens (tertiary/aromatic N) is 1. The van der Waals surface area contributed by atoms with E-state index >= 15 is 0 Å². The molecule has 2 N–H and O–H groups in total. The molecule has 1 aromatic heterocycles. The summed E-state index contributed by atoms with van der Waals surface area (Å²) in [5, 5.41) is 12.4. The topological polar surface area (TPSA) is 40.7 Å². The van der Waals surface area contributed by atoms with Crippen molar-refractivity contribution < 1.29 is 0 Å². The number of hydrogen-bond donors (Lipinski definition) is 2. The van der Waals surface area contributed by atoms with Crippen molar-refractivity contribution in [2.45, 2.75) is 31.7 Å². The van der Waals surface area contributed by atoms with E-state index in [0.29, 0.717) is 12.0 Å². The zero-order chi connectivity index (χ0) is 11.0. The number of piperidine rings is 1. The van der Waals surface area contributed by atoms with Gasteiger partial charge >= 0.3 is 0 Å². The number of para-hydroxylation sites is 1. The summed E-state index contributed by atoms with van der Waals surface area (Å²) < 4.78 is 0. The normalized spacial score (nSPS) is 26.1. The van der Waals surface area contributed by atoms with Gasteiger partial charge in [0.25, 0.3) is 0 Å². The van der Waals surface area contributed by atoms with Crippen LogP contribution in [-0.2, 0) is 0 Å². The van der Waals surface area contributed by atoms with Crippen LogP contribution in [0, 0.1) is 0 Å². The first-order valence-corrected chi connectivity index (χ1v) is 6.01. The molecule has 0 radical (unpaired) electrons. The lowest BCUT2D eigenvalue weighted by molar-refractivity contribution is 0.377. The average molecular weight is 215 g/mol. The van der Waals surface area contributed by atoms with Crippen LogP contribution in [0.5, 0.6) is 0 Å². The molecule has 0 saturated carbocycles. The molecule has 1 fully saturated rings. The van der Waals surface area contributed by atoms with Gasteiger partial charge in [0.05, 0.1) is 5.52 Å². The van der Waals surface area contributed by atoms with E-state index in [1.165, 1.54) is 23.9 Å². The molecule has 2 aromatic rings. The van der Waals surface area contributed by atoms with Crippen molar-refractivity contribution in [2.24, 2.45) is 0 Å². The van der Waals surface area contributed by atoms with Gasteiger partial charge in [-0.05, 0) is 32.4 Å². The van der Waals surface area contributed by atoms with Crippen LogP contribution in [0.3, 0.4) is 0 Å². The molecule has 3 heteroatoms. The van der Waals surface area contributed by atoms with E-state index in [-0.39, 0.29) is 0 Å². The predicted molar refractivity (Wildman–Crippen MR) is 65.5 cm³/mol. The fraction of sp³-hybridized carbons (Fsp3) is 0.462. The Labute approximate surface area is 95.2 Å². The first-order chi connectivity index (χ1) is 7.84. The highest BCUT2D eigenvalue weighted by molar-refractivity contribution is 5.81. The monoisotopic (exact) mass is 215 g/mol. The number of aromatic nitrogens is 2. The SMILES string of the molecule is C[C@@H]1C[C@@H](c2[nH]nc3ccccc23)CCN1. The van der Waals surface area contributed by atoms with Gasteiger partial charge in [-0.1, -0.05) is 18.2 Å². The summed E-state index contributed by atoms with van der Waals surface area (Å²) in [4.78, 5) is 0. The van der Waals surface area contributed by atoms with Crippen LogP contribution >= 0.6 is 0 Å². The zero-order valence-electron chi connectivity index (χ0n) is 9.53. The molecule has 84 valence electrons. The Morgan fingerprint density at radius 3 is 3.06 bits per heavy atom. The fourth-order valence-corrected chi connectivity index (χ4v) is 2.68. The number of rotatable bonds is 1. The van der Waals surface area contributed by atoms with Crippen molar-refractivity contribution in [3.05, 3.63) is 30.0 Å². The number of hydrogen-bond acceptors (Lipinski definition) is 2. The summed E-state index contributed by atoms with van der Waals surface area (Å²) in [6, 6.07) is 8.98. The van der Waals surface area contributed by atoms with E-state index in [0.717, 1.165) is 12.1 Å². The van der Waals surface area contributed by atoms with Crippen LogP contribution in [0.1, 0.15) is 31.4 Å². The molecule has 0 unspecified atom stereocenters. The third kappa shape index (κ3) is 1.61. The number of fused-ring (bicyclic) bond motifs is 1. The molecule has 0 bridgehead atoms. The Morgan fingerprint density at radius 2 is 2.19 bits per heavy atom. The Balaban J connectivity index is 1.99. The first-order valence-electron chi connectivity index (χ1n) is 6.01. The van der Waals surface area contributed by atoms with Gasteiger partial charge in [0.1, 0.15) is 0 Å². The minimum absolute atomic E-state index is 0.612. The van der Waals surface area contributed by atoms with Gasteiger partial charge in [0, 0.05) is 23.0 Å². The van der Waals surface area contributed by atoms with Gasteiger partial charge in [-0.3, -0.25) is 5.10 Å². The summed E-state index contributed by atoms with van der Waals surface area (Å²) >= 11 is 0. The van der Waals surface area contributed by atoms with Crippen molar-refractivity contribution >= 4 is 10.9 Å². The molecule has 1 aliphatic heterocycles. The molecule has 0 amide bonds. The molecule has 2 heterocycles. The van der Waals surface area contributed by atoms with Crippen molar-refractivity contribution in [3.8, 4) is 0 Å². The molecule has 1 saturated heterocycles. The van der Waals surface area contributed by atoms with Gasteiger partial charge in [-0.2, -0.15) is 5.10 Å². The summed E-state index contributed by atoms with van der Waals surface area (Å²) in [6.45, 7) is 3.36. The lowest BCUT2D eigenvalue weighted by Crippen LogP contribution is -2.35. The molecule has 2 atom stereocenters. The minimum atomic E-state index is 0.612. The highest BCUT2D eigenvalue weighted by Crippen LogP contribution is 2.30. The van der Waals surface area contributed by atoms with Crippen LogP contribution in [0.2, 0.25) is 0 Å². The summed E-state index contributed by atoms with van der Waals surface area (Å²) in [5.41, 5.74) is 2.41. The average Bonchev–Trinajstić information content (AvgIpc) is 2.72. The number of nitrogens with one attached hydrogen (secondary N) is 2. The van der Waals surface area contributed by atoms with E-state index in [9.17, 15) is 0 Å². The van der Waals surface area contributed by atoms with Gasteiger partial charge in [0.15, 0.2) is 0 Å². The molecule has 3 nitrogen and oxygen atoms in total. The third-order valence-electron chi connectivity index (χ3n) is 3.52. The van der Waals surface area contributed by atoms with Crippen LogP contribution in [-0.4, -0.2) is 22.8 Å². The molecule has 0 aliphatic carbocycles. The van der Waals surface area contributed by atoms with E-state index < -0.39 is 0 Å². The molecule has 1 aromatic carbocycles. The van der Waals surface area contributed by atoms with Crippen molar-refractivity contribution in [3.63, 3.8) is 0 Å². The quantitative estimate of drug-likeness (QED) is 0.767. The third-order valence-corrected chi connectivity index (χ3v) is 3.52. The number of aromatic amines is 1. The van der Waals surface area contributed by atoms with E-state index in [1.807, 2.05) is 6.07 Å². The highest BCUT2D eigenvalue weighted by atomic mass is 15.1. The van der Waals surface area contributed by atoms with Crippen LogP contribution < -0.4 is 5.32 Å². The zero-order valence-corrected chi connectivity index (χ0v) is 9.53. The molecular formula is C13H17N3. The lowest BCUT2D eigenvalue weighted by atomic mass is 9.89. The second-order valence-corrected chi connectivity index (χ2v) is 4.73. The Hall–Kier alpha value is -1.35. The summed E-state index contributed by atoms with van der Waals surface area (Å²) in [7, 11) is 0. The van der Waals surface area contributed by atoms with Crippen molar-refractivity contribution in [2.75, 3.05) is 6.54 Å². The standard InChI is InChI=1S/C13H17N3/c1-9-8-10(6-7-14-9)13-11-4-2-3-5-12(11)15-16-13/h2-5,9-10,14H,6-8H2,1H3,(H,15,16)/t9-,10+/m1/s1. The van der Waals surface area contributed by atoms with Crippen LogP contribution in [0.15, 0.2) is 24.3 Å². The Bertz CT molecular complexity index is 489. The van der Waals surface area contributed by atoms with E-state index in [2.05, 4.69) is 40.6 Å². The van der Waals surface area contributed by atoms with Crippen LogP contribution in [0.4, 0.5) is 0 Å². The maximum Gasteiger partial charge on any atom is 0.0923 e. The van der Waals surface area contributed by atoms with E-state index in [1.54, 1.807) is 0 Å².